The number of ether oxygens (including phenoxy) is 1. The van der Waals surface area contributed by atoms with Crippen molar-refractivity contribution in [2.24, 2.45) is 0 Å². The molecule has 0 aliphatic carbocycles. The molecule has 7 heteroatoms. The zero-order valence-electron chi connectivity index (χ0n) is 16.3. The summed E-state index contributed by atoms with van der Waals surface area (Å²) in [6.07, 6.45) is 0.0193. The molecule has 1 fully saturated rings. The van der Waals surface area contributed by atoms with Crippen LogP contribution in [-0.4, -0.2) is 42.7 Å². The number of anilines is 1. The van der Waals surface area contributed by atoms with Crippen LogP contribution in [0.4, 0.5) is 5.69 Å². The van der Waals surface area contributed by atoms with E-state index in [1.807, 2.05) is 38.4 Å². The number of benzene rings is 2. The molecule has 0 amide bonds. The van der Waals surface area contributed by atoms with Gasteiger partial charge in [-0.3, -0.25) is 5.32 Å². The van der Waals surface area contributed by atoms with Crippen LogP contribution in [0.5, 0.6) is 0 Å². The summed E-state index contributed by atoms with van der Waals surface area (Å²) < 4.78 is 11.9. The van der Waals surface area contributed by atoms with E-state index in [4.69, 9.17) is 9.15 Å². The largest absolute Gasteiger partial charge is 0.411 e. The van der Waals surface area contributed by atoms with E-state index >= 15 is 0 Å². The van der Waals surface area contributed by atoms with Crippen molar-refractivity contribution in [2.45, 2.75) is 24.5 Å². The van der Waals surface area contributed by atoms with E-state index in [-0.39, 0.29) is 12.3 Å². The van der Waals surface area contributed by atoms with Gasteiger partial charge in [-0.05, 0) is 36.8 Å². The summed E-state index contributed by atoms with van der Waals surface area (Å²) >= 11 is 1.53. The lowest BCUT2D eigenvalue weighted by molar-refractivity contribution is 0.0534. The Labute approximate surface area is 169 Å². The van der Waals surface area contributed by atoms with E-state index in [1.165, 1.54) is 23.0 Å². The van der Waals surface area contributed by atoms with Crippen LogP contribution in [0.1, 0.15) is 17.4 Å². The van der Waals surface area contributed by atoms with Gasteiger partial charge in [0.25, 0.3) is 5.22 Å². The van der Waals surface area contributed by atoms with Gasteiger partial charge in [0.2, 0.25) is 5.89 Å². The number of hydrogen-bond donors (Lipinski definition) is 1. The molecule has 1 saturated heterocycles. The molecule has 28 heavy (non-hydrogen) atoms. The molecule has 6 nitrogen and oxygen atoms in total. The molecule has 2 atom stereocenters. The van der Waals surface area contributed by atoms with Crippen molar-refractivity contribution in [3.8, 4) is 11.5 Å². The van der Waals surface area contributed by atoms with Gasteiger partial charge in [-0.25, -0.2) is 0 Å². The number of nitrogens with one attached hydrogen (secondary N) is 1. The maximum Gasteiger partial charge on any atom is 0.276 e. The Kier molecular flexibility index (Phi) is 5.66. The highest BCUT2D eigenvalue weighted by Crippen LogP contribution is 2.28. The molecule has 1 aromatic heterocycles. The lowest BCUT2D eigenvalue weighted by Crippen LogP contribution is -2.16. The highest BCUT2D eigenvalue weighted by atomic mass is 32.2. The Balaban J connectivity index is 1.31. The number of rotatable bonds is 6. The minimum atomic E-state index is -0.0763. The Morgan fingerprint density at radius 2 is 1.82 bits per heavy atom. The smallest absolute Gasteiger partial charge is 0.276 e. The maximum atomic E-state index is 6.14. The second-order valence-corrected chi connectivity index (χ2v) is 8.05. The van der Waals surface area contributed by atoms with Crippen molar-refractivity contribution in [1.29, 1.82) is 0 Å². The molecule has 0 spiro atoms. The first kappa shape index (κ1) is 19.0. The topological polar surface area (TPSA) is 63.4 Å². The molecular weight excluding hydrogens is 372 g/mol. The van der Waals surface area contributed by atoms with Crippen molar-refractivity contribution in [2.75, 3.05) is 31.3 Å². The molecule has 4 rings (SSSR count). The Bertz CT molecular complexity index is 909. The fourth-order valence-electron chi connectivity index (χ4n) is 3.01. The average molecular weight is 397 g/mol. The first-order chi connectivity index (χ1) is 13.6. The van der Waals surface area contributed by atoms with Gasteiger partial charge in [0.15, 0.2) is 0 Å². The van der Waals surface area contributed by atoms with Crippen LogP contribution in [0.25, 0.3) is 11.5 Å². The molecule has 0 saturated carbocycles. The fraction of sp³-hybridized carbons (Fsp3) is 0.333. The predicted octanol–water partition coefficient (Wildman–Crippen LogP) is 3.89. The molecule has 3 aromatic rings. The highest BCUT2D eigenvalue weighted by Gasteiger charge is 2.26. The first-order valence-corrected chi connectivity index (χ1v) is 10.3. The SMILES string of the molecule is Cc1ccc(-c2nnc(SC[C@H]3CN[C@H](c4ccc(N(C)C)cc4)O3)o2)cc1. The predicted molar refractivity (Wildman–Crippen MR) is 112 cm³/mol. The standard InChI is InChI=1S/C21H24N4O2S/c1-14-4-6-16(7-5-14)20-23-24-21(27-20)28-13-18-12-22-19(26-18)15-8-10-17(11-9-15)25(2)3/h4-11,18-19,22H,12-13H2,1-3H3/t18-,19+/m1/s1. The number of thioether (sulfide) groups is 1. The molecular formula is C21H24N4O2S. The van der Waals surface area contributed by atoms with Crippen molar-refractivity contribution in [3.05, 3.63) is 59.7 Å². The monoisotopic (exact) mass is 396 g/mol. The van der Waals surface area contributed by atoms with Gasteiger partial charge in [0.1, 0.15) is 6.23 Å². The first-order valence-electron chi connectivity index (χ1n) is 9.28. The average Bonchev–Trinajstić information content (AvgIpc) is 3.37. The Hall–Kier alpha value is -2.35. The molecule has 146 valence electrons. The minimum absolute atomic E-state index is 0.0763. The highest BCUT2D eigenvalue weighted by molar-refractivity contribution is 7.99. The van der Waals surface area contributed by atoms with Crippen LogP contribution in [-0.2, 0) is 4.74 Å². The maximum absolute atomic E-state index is 6.14. The van der Waals surface area contributed by atoms with Crippen LogP contribution in [0.15, 0.2) is 58.2 Å². The lowest BCUT2D eigenvalue weighted by Gasteiger charge is -2.16. The summed E-state index contributed by atoms with van der Waals surface area (Å²) in [5.41, 5.74) is 4.45. The molecule has 0 radical (unpaired) electrons. The van der Waals surface area contributed by atoms with Gasteiger partial charge >= 0.3 is 0 Å². The van der Waals surface area contributed by atoms with Crippen LogP contribution in [0.3, 0.4) is 0 Å². The fourth-order valence-corrected chi connectivity index (χ4v) is 3.78. The molecule has 2 heterocycles. The molecule has 2 aromatic carbocycles. The second kappa shape index (κ2) is 8.34. The minimum Gasteiger partial charge on any atom is -0.411 e. The van der Waals surface area contributed by atoms with Gasteiger partial charge in [-0.1, -0.05) is 41.6 Å². The summed E-state index contributed by atoms with van der Waals surface area (Å²) in [5, 5.41) is 12.3. The molecule has 1 aliphatic rings. The molecule has 0 unspecified atom stereocenters. The summed E-state index contributed by atoms with van der Waals surface area (Å²) in [6.45, 7) is 2.85. The zero-order valence-corrected chi connectivity index (χ0v) is 17.1. The van der Waals surface area contributed by atoms with Crippen molar-refractivity contribution in [3.63, 3.8) is 0 Å². The van der Waals surface area contributed by atoms with E-state index in [1.54, 1.807) is 0 Å². The van der Waals surface area contributed by atoms with Crippen molar-refractivity contribution < 1.29 is 9.15 Å². The van der Waals surface area contributed by atoms with E-state index in [0.717, 1.165) is 23.4 Å². The third-order valence-electron chi connectivity index (χ3n) is 4.67. The normalized spacial score (nSPS) is 19.1. The Morgan fingerprint density at radius 3 is 2.54 bits per heavy atom. The van der Waals surface area contributed by atoms with Crippen molar-refractivity contribution in [1.82, 2.24) is 15.5 Å². The number of aryl methyl sites for hydroxylation is 1. The number of hydrogen-bond acceptors (Lipinski definition) is 7. The molecule has 1 N–H and O–H groups in total. The van der Waals surface area contributed by atoms with E-state index in [9.17, 15) is 0 Å². The summed E-state index contributed by atoms with van der Waals surface area (Å²) in [5.74, 6) is 1.31. The van der Waals surface area contributed by atoms with Gasteiger partial charge < -0.3 is 14.1 Å². The van der Waals surface area contributed by atoms with Crippen LogP contribution in [0.2, 0.25) is 0 Å². The Morgan fingerprint density at radius 1 is 1.07 bits per heavy atom. The quantitative estimate of drug-likeness (QED) is 0.634. The van der Waals surface area contributed by atoms with Gasteiger partial charge in [-0.2, -0.15) is 0 Å². The number of nitrogens with zero attached hydrogens (tertiary/aromatic N) is 3. The molecule has 1 aliphatic heterocycles. The van der Waals surface area contributed by atoms with Crippen LogP contribution < -0.4 is 10.2 Å². The van der Waals surface area contributed by atoms with E-state index in [0.29, 0.717) is 11.1 Å². The number of aromatic nitrogens is 2. The van der Waals surface area contributed by atoms with Crippen molar-refractivity contribution >= 4 is 17.4 Å². The van der Waals surface area contributed by atoms with Crippen LogP contribution >= 0.6 is 11.8 Å². The summed E-state index contributed by atoms with van der Waals surface area (Å²) in [6, 6.07) is 16.5. The second-order valence-electron chi connectivity index (χ2n) is 7.08. The molecule has 0 bridgehead atoms. The third-order valence-corrected chi connectivity index (χ3v) is 5.62. The summed E-state index contributed by atoms with van der Waals surface area (Å²) in [4.78, 5) is 2.08. The van der Waals surface area contributed by atoms with Crippen LogP contribution in [0, 0.1) is 6.92 Å². The van der Waals surface area contributed by atoms with Gasteiger partial charge in [-0.15, -0.1) is 10.2 Å². The lowest BCUT2D eigenvalue weighted by atomic mass is 10.1. The van der Waals surface area contributed by atoms with E-state index < -0.39 is 0 Å². The third kappa shape index (κ3) is 4.38. The summed E-state index contributed by atoms with van der Waals surface area (Å²) in [7, 11) is 4.07. The zero-order chi connectivity index (χ0) is 19.5. The van der Waals surface area contributed by atoms with Gasteiger partial charge in [0.05, 0.1) is 6.10 Å². The van der Waals surface area contributed by atoms with Gasteiger partial charge in [0, 0.05) is 37.6 Å². The van der Waals surface area contributed by atoms with E-state index in [2.05, 4.69) is 51.6 Å².